The number of hydrogen-bond donors (Lipinski definition) is 1. The molecular weight excluding hydrogens is 226 g/mol. The second-order valence-corrected chi connectivity index (χ2v) is 4.60. The molecule has 0 radical (unpaired) electrons. The van der Waals surface area contributed by atoms with Crippen molar-refractivity contribution >= 4 is 22.4 Å². The number of methoxy groups -OCH3 is 2. The zero-order chi connectivity index (χ0) is 11.5. The summed E-state index contributed by atoms with van der Waals surface area (Å²) in [5.41, 5.74) is 5.74. The number of nitrogens with zero attached hydrogens (tertiary/aromatic N) is 2. The van der Waals surface area contributed by atoms with E-state index in [1.54, 1.807) is 14.2 Å². The van der Waals surface area contributed by atoms with E-state index in [1.807, 2.05) is 0 Å². The highest BCUT2D eigenvalue weighted by atomic mass is 32.1. The van der Waals surface area contributed by atoms with Gasteiger partial charge in [-0.25, -0.2) is 0 Å². The van der Waals surface area contributed by atoms with Crippen LogP contribution in [-0.2, 0) is 4.74 Å². The highest BCUT2D eigenvalue weighted by Crippen LogP contribution is 2.39. The molecular formula is C10H17N3O2S. The second-order valence-electron chi connectivity index (χ2n) is 3.85. The Morgan fingerprint density at radius 2 is 2.31 bits per heavy atom. The van der Waals surface area contributed by atoms with Gasteiger partial charge < -0.3 is 20.1 Å². The Labute approximate surface area is 99.3 Å². The maximum Gasteiger partial charge on any atom is 0.197 e. The molecule has 1 aromatic heterocycles. The average molecular weight is 243 g/mol. The van der Waals surface area contributed by atoms with Crippen molar-refractivity contribution in [3.8, 4) is 5.75 Å². The molecule has 16 heavy (non-hydrogen) atoms. The van der Waals surface area contributed by atoms with Crippen LogP contribution in [0.15, 0.2) is 0 Å². The molecule has 1 aliphatic rings. The first kappa shape index (κ1) is 11.5. The van der Waals surface area contributed by atoms with Gasteiger partial charge in [0.1, 0.15) is 0 Å². The van der Waals surface area contributed by atoms with E-state index in [4.69, 9.17) is 15.2 Å². The van der Waals surface area contributed by atoms with Crippen molar-refractivity contribution in [2.75, 3.05) is 37.9 Å². The molecule has 0 aromatic carbocycles. The number of nitrogens with two attached hydrogens (primary N) is 1. The maximum absolute atomic E-state index is 5.74. The summed E-state index contributed by atoms with van der Waals surface area (Å²) in [5, 5.41) is 1.02. The molecule has 0 saturated carbocycles. The van der Waals surface area contributed by atoms with Crippen LogP contribution < -0.4 is 15.4 Å². The van der Waals surface area contributed by atoms with Gasteiger partial charge in [0.05, 0.1) is 13.2 Å². The summed E-state index contributed by atoms with van der Waals surface area (Å²) >= 11 is 1.39. The van der Waals surface area contributed by atoms with Crippen molar-refractivity contribution in [1.82, 2.24) is 4.37 Å². The molecule has 5 nitrogen and oxygen atoms in total. The summed E-state index contributed by atoms with van der Waals surface area (Å²) < 4.78 is 14.8. The van der Waals surface area contributed by atoms with Gasteiger partial charge in [-0.1, -0.05) is 0 Å². The summed E-state index contributed by atoms with van der Waals surface area (Å²) in [5.74, 6) is 1.17. The number of nitrogen functional groups attached to an aromatic ring is 1. The molecule has 1 unspecified atom stereocenters. The Bertz CT molecular complexity index is 356. The molecule has 2 rings (SSSR count). The topological polar surface area (TPSA) is 60.6 Å². The SMILES string of the molecule is COc1c(N)nsc1N1CCCC(OC)C1. The molecule has 1 saturated heterocycles. The van der Waals surface area contributed by atoms with E-state index in [0.29, 0.717) is 17.7 Å². The highest BCUT2D eigenvalue weighted by molar-refractivity contribution is 7.11. The van der Waals surface area contributed by atoms with Crippen LogP contribution in [0.2, 0.25) is 0 Å². The van der Waals surface area contributed by atoms with Crippen LogP contribution >= 0.6 is 11.5 Å². The molecule has 0 spiro atoms. The lowest BCUT2D eigenvalue weighted by Gasteiger charge is -2.32. The Morgan fingerprint density at radius 3 is 3.00 bits per heavy atom. The van der Waals surface area contributed by atoms with Crippen molar-refractivity contribution in [2.45, 2.75) is 18.9 Å². The quantitative estimate of drug-likeness (QED) is 0.868. The fourth-order valence-electron chi connectivity index (χ4n) is 1.99. The lowest BCUT2D eigenvalue weighted by Crippen LogP contribution is -2.38. The second kappa shape index (κ2) is 4.88. The minimum Gasteiger partial charge on any atom is -0.490 e. The summed E-state index contributed by atoms with van der Waals surface area (Å²) in [6, 6.07) is 0. The van der Waals surface area contributed by atoms with E-state index < -0.39 is 0 Å². The molecule has 0 aliphatic carbocycles. The van der Waals surface area contributed by atoms with Crippen molar-refractivity contribution < 1.29 is 9.47 Å². The van der Waals surface area contributed by atoms with Crippen LogP contribution in [0.25, 0.3) is 0 Å². The zero-order valence-corrected chi connectivity index (χ0v) is 10.4. The minimum absolute atomic E-state index is 0.293. The predicted molar refractivity (Wildman–Crippen MR) is 65.3 cm³/mol. The van der Waals surface area contributed by atoms with Gasteiger partial charge in [0.15, 0.2) is 16.6 Å². The van der Waals surface area contributed by atoms with Crippen LogP contribution in [-0.4, -0.2) is 37.8 Å². The van der Waals surface area contributed by atoms with Crippen LogP contribution in [0.4, 0.5) is 10.8 Å². The number of hydrogen-bond acceptors (Lipinski definition) is 6. The lowest BCUT2D eigenvalue weighted by molar-refractivity contribution is 0.0894. The molecule has 1 atom stereocenters. The van der Waals surface area contributed by atoms with Crippen molar-refractivity contribution in [2.24, 2.45) is 0 Å². The fraction of sp³-hybridized carbons (Fsp3) is 0.700. The van der Waals surface area contributed by atoms with Gasteiger partial charge in [-0.15, -0.1) is 0 Å². The van der Waals surface area contributed by atoms with Gasteiger partial charge in [-0.2, -0.15) is 4.37 Å². The number of anilines is 2. The van der Waals surface area contributed by atoms with Crippen molar-refractivity contribution in [3.05, 3.63) is 0 Å². The molecule has 1 aliphatic heterocycles. The van der Waals surface area contributed by atoms with E-state index >= 15 is 0 Å². The monoisotopic (exact) mass is 243 g/mol. The first-order valence-corrected chi connectivity index (χ1v) is 6.10. The van der Waals surface area contributed by atoms with Crippen molar-refractivity contribution in [3.63, 3.8) is 0 Å². The normalized spacial score (nSPS) is 21.1. The summed E-state index contributed by atoms with van der Waals surface area (Å²) in [7, 11) is 3.38. The molecule has 1 aromatic rings. The van der Waals surface area contributed by atoms with Gasteiger partial charge in [-0.05, 0) is 24.4 Å². The molecule has 90 valence electrons. The third kappa shape index (κ3) is 2.08. The molecule has 1 fully saturated rings. The summed E-state index contributed by atoms with van der Waals surface area (Å²) in [6.45, 7) is 1.90. The Kier molecular flexibility index (Phi) is 3.50. The maximum atomic E-state index is 5.74. The van der Waals surface area contributed by atoms with Crippen LogP contribution in [0, 0.1) is 0 Å². The predicted octanol–water partition coefficient (Wildman–Crippen LogP) is 1.35. The zero-order valence-electron chi connectivity index (χ0n) is 9.60. The number of ether oxygens (including phenoxy) is 2. The first-order valence-electron chi connectivity index (χ1n) is 5.33. The summed E-state index contributed by atoms with van der Waals surface area (Å²) in [4.78, 5) is 2.24. The smallest absolute Gasteiger partial charge is 0.197 e. The van der Waals surface area contributed by atoms with E-state index in [1.165, 1.54) is 11.5 Å². The molecule has 0 amide bonds. The standard InChI is InChI=1S/C10H17N3O2S/c1-14-7-4-3-5-13(6-7)10-8(15-2)9(11)12-16-10/h7H,3-6H2,1-2H3,(H2,11,12). The summed E-state index contributed by atoms with van der Waals surface area (Å²) in [6.07, 6.45) is 2.53. The number of aromatic nitrogens is 1. The molecule has 2 N–H and O–H groups in total. The average Bonchev–Trinajstić information content (AvgIpc) is 2.70. The Hall–Kier alpha value is -1.01. The van der Waals surface area contributed by atoms with E-state index in [-0.39, 0.29) is 0 Å². The number of rotatable bonds is 3. The van der Waals surface area contributed by atoms with Crippen LogP contribution in [0.3, 0.4) is 0 Å². The van der Waals surface area contributed by atoms with E-state index in [2.05, 4.69) is 9.27 Å². The first-order chi connectivity index (χ1) is 7.76. The van der Waals surface area contributed by atoms with E-state index in [9.17, 15) is 0 Å². The molecule has 6 heteroatoms. The van der Waals surface area contributed by atoms with Crippen LogP contribution in [0.5, 0.6) is 5.75 Å². The third-order valence-electron chi connectivity index (χ3n) is 2.86. The Morgan fingerprint density at radius 1 is 1.50 bits per heavy atom. The molecule has 0 bridgehead atoms. The third-order valence-corrected chi connectivity index (χ3v) is 3.76. The van der Waals surface area contributed by atoms with Crippen LogP contribution in [0.1, 0.15) is 12.8 Å². The minimum atomic E-state index is 0.293. The largest absolute Gasteiger partial charge is 0.490 e. The van der Waals surface area contributed by atoms with Gasteiger partial charge in [-0.3, -0.25) is 0 Å². The van der Waals surface area contributed by atoms with Gasteiger partial charge in [0.25, 0.3) is 0 Å². The van der Waals surface area contributed by atoms with E-state index in [0.717, 1.165) is 30.9 Å². The molecule has 2 heterocycles. The van der Waals surface area contributed by atoms with Gasteiger partial charge >= 0.3 is 0 Å². The number of piperidine rings is 1. The highest BCUT2D eigenvalue weighted by Gasteiger charge is 2.24. The fourth-order valence-corrected chi connectivity index (χ4v) is 2.81. The van der Waals surface area contributed by atoms with Gasteiger partial charge in [0.2, 0.25) is 0 Å². The lowest BCUT2D eigenvalue weighted by atomic mass is 10.1. The van der Waals surface area contributed by atoms with Gasteiger partial charge in [0, 0.05) is 20.2 Å². The van der Waals surface area contributed by atoms with Crippen molar-refractivity contribution in [1.29, 1.82) is 0 Å². The Balaban J connectivity index is 2.16.